The van der Waals surface area contributed by atoms with Gasteiger partial charge in [-0.25, -0.2) is 9.97 Å². The first kappa shape index (κ1) is 33.6. The Morgan fingerprint density at radius 2 is 1.08 bits per heavy atom. The van der Waals surface area contributed by atoms with Crippen LogP contribution in [0.4, 0.5) is 0 Å². The zero-order valence-corrected chi connectivity index (χ0v) is 32.8. The molecular weight excluding hydrogens is 717 g/mol. The van der Waals surface area contributed by atoms with E-state index in [9.17, 15) is 0 Å². The molecule has 11 aromatic rings. The highest BCUT2D eigenvalue weighted by molar-refractivity contribution is 6.21. The summed E-state index contributed by atoms with van der Waals surface area (Å²) in [5, 5.41) is 4.58. The minimum Gasteiger partial charge on any atom is -0.314 e. The molecule has 8 aromatic carbocycles. The summed E-state index contributed by atoms with van der Waals surface area (Å²) in [6, 6.07) is 67.6. The Balaban J connectivity index is 1.11. The fourth-order valence-corrected chi connectivity index (χ4v) is 9.72. The maximum absolute atomic E-state index is 5.43. The second kappa shape index (κ2) is 12.7. The molecule has 278 valence electrons. The first-order chi connectivity index (χ1) is 29.0. The van der Waals surface area contributed by atoms with E-state index < -0.39 is 0 Å². The molecule has 4 heteroatoms. The summed E-state index contributed by atoms with van der Waals surface area (Å²) < 4.78 is 4.80. The number of hydrogen-bond acceptors (Lipinski definition) is 2. The molecular formula is C55H38N4. The molecule has 0 atom stereocenters. The molecule has 59 heavy (non-hydrogen) atoms. The number of nitrogens with zero attached hydrogens (tertiary/aromatic N) is 4. The van der Waals surface area contributed by atoms with E-state index in [0.717, 1.165) is 55.5 Å². The summed E-state index contributed by atoms with van der Waals surface area (Å²) >= 11 is 0. The molecule has 0 unspecified atom stereocenters. The van der Waals surface area contributed by atoms with Crippen LogP contribution in [0.15, 0.2) is 194 Å². The lowest BCUT2D eigenvalue weighted by Gasteiger charge is -2.22. The van der Waals surface area contributed by atoms with E-state index in [1.165, 1.54) is 49.7 Å². The topological polar surface area (TPSA) is 35.6 Å². The third-order valence-electron chi connectivity index (χ3n) is 12.5. The van der Waals surface area contributed by atoms with Gasteiger partial charge >= 0.3 is 0 Å². The maximum atomic E-state index is 5.43. The lowest BCUT2D eigenvalue weighted by molar-refractivity contribution is 0.660. The number of rotatable bonds is 5. The summed E-state index contributed by atoms with van der Waals surface area (Å²) in [6.07, 6.45) is 2.30. The van der Waals surface area contributed by atoms with Crippen molar-refractivity contribution < 1.29 is 0 Å². The van der Waals surface area contributed by atoms with E-state index >= 15 is 0 Å². The second-order valence-corrected chi connectivity index (χ2v) is 16.2. The molecule has 1 aliphatic rings. The third-order valence-corrected chi connectivity index (χ3v) is 12.5. The monoisotopic (exact) mass is 754 g/mol. The van der Waals surface area contributed by atoms with Crippen molar-refractivity contribution in [3.63, 3.8) is 0 Å². The summed E-state index contributed by atoms with van der Waals surface area (Å²) in [5.41, 5.74) is 17.2. The van der Waals surface area contributed by atoms with Gasteiger partial charge in [-0.05, 0) is 82.4 Å². The highest BCUT2D eigenvalue weighted by Crippen LogP contribution is 2.50. The van der Waals surface area contributed by atoms with Gasteiger partial charge in [0.2, 0.25) is 0 Å². The van der Waals surface area contributed by atoms with Gasteiger partial charge in [0.05, 0.1) is 27.8 Å². The summed E-state index contributed by atoms with van der Waals surface area (Å²) in [4.78, 5) is 10.7. The number of hydrogen-bond donors (Lipinski definition) is 0. The summed E-state index contributed by atoms with van der Waals surface area (Å²) in [6.45, 7) is 4.66. The third kappa shape index (κ3) is 5.03. The Morgan fingerprint density at radius 1 is 0.424 bits per heavy atom. The minimum absolute atomic E-state index is 0.112. The maximum Gasteiger partial charge on any atom is 0.160 e. The van der Waals surface area contributed by atoms with E-state index in [2.05, 4.69) is 217 Å². The molecule has 0 saturated carbocycles. The van der Waals surface area contributed by atoms with Gasteiger partial charge < -0.3 is 9.13 Å². The molecule has 0 bridgehead atoms. The van der Waals surface area contributed by atoms with Crippen LogP contribution in [-0.2, 0) is 5.41 Å². The van der Waals surface area contributed by atoms with Crippen molar-refractivity contribution in [2.75, 3.05) is 0 Å². The molecule has 0 radical (unpaired) electrons. The fraction of sp³-hybridized carbons (Fsp3) is 0.0545. The molecule has 0 saturated heterocycles. The Kier molecular flexibility index (Phi) is 7.24. The zero-order chi connectivity index (χ0) is 39.2. The normalized spacial score (nSPS) is 13.1. The molecule has 0 spiro atoms. The van der Waals surface area contributed by atoms with Gasteiger partial charge in [-0.2, -0.15) is 0 Å². The van der Waals surface area contributed by atoms with Crippen LogP contribution in [0.3, 0.4) is 0 Å². The van der Waals surface area contributed by atoms with Crippen LogP contribution in [-0.4, -0.2) is 19.1 Å². The number of aromatic nitrogens is 4. The Hall–Kier alpha value is -7.56. The molecule has 4 nitrogen and oxygen atoms in total. The quantitative estimate of drug-likeness (QED) is 0.175. The zero-order valence-electron chi connectivity index (χ0n) is 32.8. The predicted molar refractivity (Wildman–Crippen MR) is 245 cm³/mol. The smallest absolute Gasteiger partial charge is 0.160 e. The standard InChI is InChI=1S/C55H38N4/c1-55(2)47-24-14-12-22-40(47)41-28-26-36(33-48(41)55)51-44-23-13-15-25-49(44)56-54(57-51)37-27-31-50-45(32-37)42-29-30-43-46(35-16-6-3-7-17-35)34-58(38-18-8-4-9-19-38)52(43)53(42)59(50)39-20-10-5-11-21-39/h3-34H,1-2H3. The summed E-state index contributed by atoms with van der Waals surface area (Å²) in [5.74, 6) is 0.712. The number of fused-ring (bicyclic) bond motifs is 9. The SMILES string of the molecule is CC1(C)c2ccccc2-c2ccc(-c3nc(-c4ccc5c(c4)c4ccc6c(-c7ccccc7)cn(-c7ccccc7)c6c4n5-c4ccccc4)nc4ccccc34)cc21. The number of para-hydroxylation sites is 3. The largest absolute Gasteiger partial charge is 0.314 e. The van der Waals surface area contributed by atoms with Crippen molar-refractivity contribution in [3.8, 4) is 56.3 Å². The molecule has 1 aliphatic carbocycles. The molecule has 3 heterocycles. The van der Waals surface area contributed by atoms with Gasteiger partial charge in [-0.1, -0.05) is 147 Å². The second-order valence-electron chi connectivity index (χ2n) is 16.2. The van der Waals surface area contributed by atoms with Gasteiger partial charge in [-0.15, -0.1) is 0 Å². The molecule has 0 fully saturated rings. The van der Waals surface area contributed by atoms with Crippen LogP contribution in [0.5, 0.6) is 0 Å². The van der Waals surface area contributed by atoms with E-state index in [1.807, 2.05) is 0 Å². The van der Waals surface area contributed by atoms with Crippen molar-refractivity contribution in [2.45, 2.75) is 19.3 Å². The average Bonchev–Trinajstić information content (AvgIpc) is 3.92. The van der Waals surface area contributed by atoms with Crippen LogP contribution >= 0.6 is 0 Å². The van der Waals surface area contributed by atoms with Crippen molar-refractivity contribution in [3.05, 3.63) is 205 Å². The highest BCUT2D eigenvalue weighted by atomic mass is 15.0. The van der Waals surface area contributed by atoms with Crippen molar-refractivity contribution in [1.29, 1.82) is 0 Å². The molecule has 12 rings (SSSR count). The van der Waals surface area contributed by atoms with Crippen LogP contribution < -0.4 is 0 Å². The first-order valence-corrected chi connectivity index (χ1v) is 20.3. The van der Waals surface area contributed by atoms with Crippen LogP contribution in [0.25, 0.3) is 99.9 Å². The predicted octanol–water partition coefficient (Wildman–Crippen LogP) is 14.0. The van der Waals surface area contributed by atoms with Crippen LogP contribution in [0.2, 0.25) is 0 Å². The van der Waals surface area contributed by atoms with E-state index in [0.29, 0.717) is 5.82 Å². The average molecular weight is 755 g/mol. The lowest BCUT2D eigenvalue weighted by atomic mass is 9.82. The van der Waals surface area contributed by atoms with E-state index in [1.54, 1.807) is 0 Å². The van der Waals surface area contributed by atoms with Gasteiger partial charge in [0, 0.05) is 61.2 Å². The van der Waals surface area contributed by atoms with E-state index in [-0.39, 0.29) is 5.41 Å². The molecule has 0 N–H and O–H groups in total. The Bertz CT molecular complexity index is 3450. The van der Waals surface area contributed by atoms with Crippen LogP contribution in [0, 0.1) is 0 Å². The number of benzene rings is 8. The highest BCUT2D eigenvalue weighted by Gasteiger charge is 2.35. The van der Waals surface area contributed by atoms with E-state index in [4.69, 9.17) is 9.97 Å². The van der Waals surface area contributed by atoms with Gasteiger partial charge in [0.15, 0.2) is 5.82 Å². The van der Waals surface area contributed by atoms with Gasteiger partial charge in [0.25, 0.3) is 0 Å². The molecule has 0 amide bonds. The fourth-order valence-electron chi connectivity index (χ4n) is 9.72. The van der Waals surface area contributed by atoms with Gasteiger partial charge in [0.1, 0.15) is 0 Å². The first-order valence-electron chi connectivity index (χ1n) is 20.3. The molecule has 0 aliphatic heterocycles. The van der Waals surface area contributed by atoms with Crippen molar-refractivity contribution in [1.82, 2.24) is 19.1 Å². The van der Waals surface area contributed by atoms with Crippen molar-refractivity contribution in [2.24, 2.45) is 0 Å². The lowest BCUT2D eigenvalue weighted by Crippen LogP contribution is -2.14. The molecule has 3 aromatic heterocycles. The summed E-state index contributed by atoms with van der Waals surface area (Å²) in [7, 11) is 0. The Morgan fingerprint density at radius 3 is 1.90 bits per heavy atom. The Labute approximate surface area is 342 Å². The van der Waals surface area contributed by atoms with Gasteiger partial charge in [-0.3, -0.25) is 0 Å². The minimum atomic E-state index is -0.112. The van der Waals surface area contributed by atoms with Crippen molar-refractivity contribution >= 4 is 43.6 Å². The van der Waals surface area contributed by atoms with Crippen LogP contribution in [0.1, 0.15) is 25.0 Å².